The molecule has 0 saturated carbocycles. The largest absolute Gasteiger partial charge is 0.416 e. The summed E-state index contributed by atoms with van der Waals surface area (Å²) in [6.07, 6.45) is -5.99. The first-order valence-corrected chi connectivity index (χ1v) is 8.36. The van der Waals surface area contributed by atoms with Crippen molar-refractivity contribution in [2.75, 3.05) is 20.3 Å². The minimum atomic E-state index is -4.46. The van der Waals surface area contributed by atoms with E-state index in [9.17, 15) is 23.1 Å². The number of amides is 1. The van der Waals surface area contributed by atoms with Crippen LogP contribution < -0.4 is 0 Å². The number of halogens is 3. The monoisotopic (exact) mass is 373 g/mol. The molecule has 1 aromatic heterocycles. The predicted molar refractivity (Wildman–Crippen MR) is 88.0 cm³/mol. The number of hydrogen-bond acceptors (Lipinski definition) is 4. The van der Waals surface area contributed by atoms with Crippen molar-refractivity contribution in [2.24, 2.45) is 0 Å². The second-order valence-corrected chi connectivity index (χ2v) is 6.39. The van der Waals surface area contributed by atoms with E-state index in [0.29, 0.717) is 6.54 Å². The molecule has 1 atom stereocenters. The maximum absolute atomic E-state index is 12.6. The highest BCUT2D eigenvalue weighted by Gasteiger charge is 2.31. The zero-order chi connectivity index (χ0) is 18.4. The molecule has 0 unspecified atom stereocenters. The zero-order valence-electron chi connectivity index (χ0n) is 13.5. The van der Waals surface area contributed by atoms with Gasteiger partial charge in [0.25, 0.3) is 5.91 Å². The molecule has 0 saturated heterocycles. The molecule has 1 heterocycles. The molecule has 1 N–H and O–H groups in total. The van der Waals surface area contributed by atoms with Crippen LogP contribution in [0.2, 0.25) is 0 Å². The number of ether oxygens (including phenoxy) is 1. The topological polar surface area (TPSA) is 49.8 Å². The average Bonchev–Trinajstić information content (AvgIpc) is 3.09. The van der Waals surface area contributed by atoms with Gasteiger partial charge >= 0.3 is 6.18 Å². The molecule has 4 nitrogen and oxygen atoms in total. The van der Waals surface area contributed by atoms with Gasteiger partial charge in [0, 0.05) is 18.5 Å². The summed E-state index contributed by atoms with van der Waals surface area (Å²) >= 11 is 1.47. The van der Waals surface area contributed by atoms with Crippen LogP contribution in [0.15, 0.2) is 41.8 Å². The Morgan fingerprint density at radius 3 is 2.48 bits per heavy atom. The minimum absolute atomic E-state index is 0.117. The van der Waals surface area contributed by atoms with Crippen LogP contribution in [0.25, 0.3) is 0 Å². The number of methoxy groups -OCH3 is 1. The average molecular weight is 373 g/mol. The Kier molecular flexibility index (Phi) is 6.57. The summed E-state index contributed by atoms with van der Waals surface area (Å²) in [6.45, 7) is 0.860. The second kappa shape index (κ2) is 8.46. The lowest BCUT2D eigenvalue weighted by molar-refractivity contribution is -0.141. The van der Waals surface area contributed by atoms with Crippen LogP contribution in [0.5, 0.6) is 0 Å². The third kappa shape index (κ3) is 5.29. The molecule has 1 aromatic carbocycles. The smallest absolute Gasteiger partial charge is 0.383 e. The van der Waals surface area contributed by atoms with Gasteiger partial charge in [0.05, 0.1) is 18.7 Å². The molecule has 8 heteroatoms. The first kappa shape index (κ1) is 19.4. The summed E-state index contributed by atoms with van der Waals surface area (Å²) in [5.41, 5.74) is -0.711. The van der Waals surface area contributed by atoms with Gasteiger partial charge in [-0.2, -0.15) is 13.2 Å². The molecular formula is C17H18F3NO3S. The van der Waals surface area contributed by atoms with Crippen molar-refractivity contribution in [1.29, 1.82) is 0 Å². The van der Waals surface area contributed by atoms with E-state index in [1.807, 2.05) is 17.5 Å². The first-order chi connectivity index (χ1) is 11.8. The Morgan fingerprint density at radius 2 is 1.96 bits per heavy atom. The van der Waals surface area contributed by atoms with Gasteiger partial charge in [-0.25, -0.2) is 0 Å². The Labute approximate surface area is 147 Å². The van der Waals surface area contributed by atoms with E-state index in [2.05, 4.69) is 0 Å². The molecular weight excluding hydrogens is 355 g/mol. The SMILES string of the molecule is COCCN(Cc1cccs1)C(=O)[C@H](O)c1ccc(C(F)(F)F)cc1. The van der Waals surface area contributed by atoms with Gasteiger partial charge in [-0.3, -0.25) is 4.79 Å². The summed E-state index contributed by atoms with van der Waals surface area (Å²) in [4.78, 5) is 14.9. The van der Waals surface area contributed by atoms with Gasteiger partial charge in [0.2, 0.25) is 0 Å². The van der Waals surface area contributed by atoms with Gasteiger partial charge in [-0.05, 0) is 29.1 Å². The highest BCUT2D eigenvalue weighted by Crippen LogP contribution is 2.30. The van der Waals surface area contributed by atoms with Crippen molar-refractivity contribution >= 4 is 17.2 Å². The highest BCUT2D eigenvalue weighted by molar-refractivity contribution is 7.09. The van der Waals surface area contributed by atoms with Gasteiger partial charge in [-0.15, -0.1) is 11.3 Å². The molecule has 0 aliphatic rings. The summed E-state index contributed by atoms with van der Waals surface area (Å²) in [6, 6.07) is 7.65. The minimum Gasteiger partial charge on any atom is -0.383 e. The molecule has 0 aliphatic carbocycles. The Hall–Kier alpha value is -1.90. The zero-order valence-corrected chi connectivity index (χ0v) is 14.3. The molecule has 2 rings (SSSR count). The number of carbonyl (C=O) groups is 1. The van der Waals surface area contributed by atoms with E-state index >= 15 is 0 Å². The van der Waals surface area contributed by atoms with Crippen molar-refractivity contribution in [2.45, 2.75) is 18.8 Å². The number of carbonyl (C=O) groups excluding carboxylic acids is 1. The number of hydrogen-bond donors (Lipinski definition) is 1. The van der Waals surface area contributed by atoms with Gasteiger partial charge in [0.1, 0.15) is 0 Å². The molecule has 0 radical (unpaired) electrons. The molecule has 1 amide bonds. The van der Waals surface area contributed by atoms with Crippen LogP contribution in [0.3, 0.4) is 0 Å². The fourth-order valence-corrected chi connectivity index (χ4v) is 2.95. The van der Waals surface area contributed by atoms with Crippen LogP contribution in [0.1, 0.15) is 22.1 Å². The molecule has 136 valence electrons. The molecule has 0 aliphatic heterocycles. The van der Waals surface area contributed by atoms with Crippen LogP contribution >= 0.6 is 11.3 Å². The number of thiophene rings is 1. The van der Waals surface area contributed by atoms with Crippen molar-refractivity contribution in [3.05, 3.63) is 57.8 Å². The van der Waals surface area contributed by atoms with Gasteiger partial charge in [0.15, 0.2) is 6.10 Å². The first-order valence-electron chi connectivity index (χ1n) is 7.48. The van der Waals surface area contributed by atoms with E-state index in [-0.39, 0.29) is 18.7 Å². The fraction of sp³-hybridized carbons (Fsp3) is 0.353. The maximum Gasteiger partial charge on any atom is 0.416 e. The highest BCUT2D eigenvalue weighted by atomic mass is 32.1. The number of nitrogens with zero attached hydrogens (tertiary/aromatic N) is 1. The normalized spacial score (nSPS) is 12.8. The van der Waals surface area contributed by atoms with Crippen LogP contribution in [-0.4, -0.2) is 36.2 Å². The molecule has 0 spiro atoms. The van der Waals surface area contributed by atoms with Gasteiger partial charge in [-0.1, -0.05) is 18.2 Å². The summed E-state index contributed by atoms with van der Waals surface area (Å²) < 4.78 is 42.8. The lowest BCUT2D eigenvalue weighted by Crippen LogP contribution is -2.36. The Bertz CT molecular complexity index is 671. The van der Waals surface area contributed by atoms with Gasteiger partial charge < -0.3 is 14.7 Å². The lowest BCUT2D eigenvalue weighted by atomic mass is 10.1. The Morgan fingerprint density at radius 1 is 1.28 bits per heavy atom. The molecule has 0 fully saturated rings. The number of alkyl halides is 3. The standard InChI is InChI=1S/C17H18F3NO3S/c1-24-9-8-21(11-14-3-2-10-25-14)16(23)15(22)12-4-6-13(7-5-12)17(18,19)20/h2-7,10,15,22H,8-9,11H2,1H3/t15-/m1/s1. The summed E-state index contributed by atoms with van der Waals surface area (Å²) in [5.74, 6) is -0.579. The molecule has 2 aromatic rings. The number of aliphatic hydroxyl groups excluding tert-OH is 1. The van der Waals surface area contributed by atoms with E-state index < -0.39 is 23.8 Å². The van der Waals surface area contributed by atoms with E-state index in [4.69, 9.17) is 4.74 Å². The summed E-state index contributed by atoms with van der Waals surface area (Å²) in [7, 11) is 1.50. The predicted octanol–water partition coefficient (Wildman–Crippen LogP) is 3.48. The van der Waals surface area contributed by atoms with Crippen LogP contribution in [0, 0.1) is 0 Å². The summed E-state index contributed by atoms with van der Waals surface area (Å²) in [5, 5.41) is 12.1. The fourth-order valence-electron chi connectivity index (χ4n) is 2.23. The van der Waals surface area contributed by atoms with E-state index in [0.717, 1.165) is 29.1 Å². The number of benzene rings is 1. The van der Waals surface area contributed by atoms with Crippen LogP contribution in [-0.2, 0) is 22.3 Å². The third-order valence-corrected chi connectivity index (χ3v) is 4.45. The van der Waals surface area contributed by atoms with E-state index in [1.54, 1.807) is 0 Å². The molecule has 25 heavy (non-hydrogen) atoms. The lowest BCUT2D eigenvalue weighted by Gasteiger charge is -2.25. The third-order valence-electron chi connectivity index (χ3n) is 3.59. The second-order valence-electron chi connectivity index (χ2n) is 5.35. The quantitative estimate of drug-likeness (QED) is 0.809. The Balaban J connectivity index is 2.13. The van der Waals surface area contributed by atoms with Crippen molar-refractivity contribution in [1.82, 2.24) is 4.90 Å². The van der Waals surface area contributed by atoms with Crippen molar-refractivity contribution in [3.63, 3.8) is 0 Å². The van der Waals surface area contributed by atoms with Crippen molar-refractivity contribution in [3.8, 4) is 0 Å². The van der Waals surface area contributed by atoms with Crippen LogP contribution in [0.4, 0.5) is 13.2 Å². The van der Waals surface area contributed by atoms with Crippen molar-refractivity contribution < 1.29 is 27.8 Å². The number of aliphatic hydroxyl groups is 1. The maximum atomic E-state index is 12.6. The molecule has 0 bridgehead atoms. The van der Waals surface area contributed by atoms with E-state index in [1.165, 1.54) is 23.3 Å². The number of rotatable bonds is 7.